The number of carbonyl (C=O) groups is 4. The Hall–Kier alpha value is -3.80. The molecule has 2 aliphatic heterocycles. The highest BCUT2D eigenvalue weighted by atomic mass is 32.2. The Bertz CT molecular complexity index is 1790. The lowest BCUT2D eigenvalue weighted by molar-refractivity contribution is -0.125. The number of rotatable bonds is 12. The summed E-state index contributed by atoms with van der Waals surface area (Å²) in [6, 6.07) is 19.9. The standard InChI is InChI=1S/C32H26N6O4S6/c39-23(35-29-33-17-21(45-29)15-19-7-3-1-4-8-19)11-13-37-27(41)25(47-31(37)43)26-28(42)38(32(44)48-26)14-12-24(40)36-30-34-18-22(46-30)16-20-9-5-2-6-10-20/h1-10,17-18H,11-16H2,(H,33,35,39)(H,34,36,40). The van der Waals surface area contributed by atoms with Gasteiger partial charge in [0.05, 0.1) is 9.81 Å². The third-order valence-corrected chi connectivity index (χ3v) is 11.9. The van der Waals surface area contributed by atoms with Gasteiger partial charge in [-0.2, -0.15) is 0 Å². The Kier molecular flexibility index (Phi) is 11.1. The van der Waals surface area contributed by atoms with E-state index in [1.807, 2.05) is 60.7 Å². The number of nitrogens with one attached hydrogen (secondary N) is 2. The highest BCUT2D eigenvalue weighted by Gasteiger charge is 2.42. The normalized spacial score (nSPS) is 16.2. The molecule has 0 saturated carbocycles. The van der Waals surface area contributed by atoms with Gasteiger partial charge in [0.15, 0.2) is 10.3 Å². The Morgan fingerprint density at radius 2 is 1.04 bits per heavy atom. The number of thiazole rings is 2. The van der Waals surface area contributed by atoms with E-state index in [9.17, 15) is 19.2 Å². The first-order chi connectivity index (χ1) is 23.2. The lowest BCUT2D eigenvalue weighted by Gasteiger charge is -2.14. The first-order valence-electron chi connectivity index (χ1n) is 14.6. The molecule has 2 saturated heterocycles. The molecular weight excluding hydrogens is 725 g/mol. The van der Waals surface area contributed by atoms with E-state index in [0.29, 0.717) is 23.1 Å². The van der Waals surface area contributed by atoms with Gasteiger partial charge in [0.2, 0.25) is 11.8 Å². The smallest absolute Gasteiger partial charge is 0.267 e. The summed E-state index contributed by atoms with van der Waals surface area (Å²) in [5.41, 5.74) is 2.30. The van der Waals surface area contributed by atoms with E-state index in [1.54, 1.807) is 12.4 Å². The van der Waals surface area contributed by atoms with Crippen molar-refractivity contribution in [3.05, 3.63) is 104 Å². The number of hydrogen-bond donors (Lipinski definition) is 2. The summed E-state index contributed by atoms with van der Waals surface area (Å²) in [5.74, 6) is -1.52. The van der Waals surface area contributed by atoms with Gasteiger partial charge >= 0.3 is 0 Å². The molecule has 0 radical (unpaired) electrons. The molecule has 0 aliphatic carbocycles. The van der Waals surface area contributed by atoms with Crippen molar-refractivity contribution in [3.63, 3.8) is 0 Å². The van der Waals surface area contributed by atoms with E-state index >= 15 is 0 Å². The SMILES string of the molecule is O=C(CCN1C(=O)C(=C2SC(=S)N(CCC(=O)Nc3ncc(Cc4ccccc4)s3)C2=O)SC1=S)Nc1ncc(Cc2ccccc2)s1. The van der Waals surface area contributed by atoms with Crippen LogP contribution in [0, 0.1) is 0 Å². The van der Waals surface area contributed by atoms with Crippen LogP contribution in [0.25, 0.3) is 0 Å². The molecule has 2 fully saturated rings. The maximum atomic E-state index is 13.3. The minimum absolute atomic E-state index is 0.00373. The molecule has 4 amide bonds. The first kappa shape index (κ1) is 34.1. The van der Waals surface area contributed by atoms with Gasteiger partial charge < -0.3 is 10.6 Å². The van der Waals surface area contributed by atoms with Crippen molar-refractivity contribution in [1.29, 1.82) is 0 Å². The summed E-state index contributed by atoms with van der Waals surface area (Å²) in [7, 11) is 0. The molecule has 4 heterocycles. The molecule has 10 nitrogen and oxygen atoms in total. The van der Waals surface area contributed by atoms with Crippen molar-refractivity contribution in [3.8, 4) is 0 Å². The zero-order chi connectivity index (χ0) is 33.6. The summed E-state index contributed by atoms with van der Waals surface area (Å²) in [4.78, 5) is 65.6. The second kappa shape index (κ2) is 15.6. The van der Waals surface area contributed by atoms with Crippen molar-refractivity contribution >= 4 is 113 Å². The van der Waals surface area contributed by atoms with Gasteiger partial charge in [-0.25, -0.2) is 9.97 Å². The highest BCUT2D eigenvalue weighted by molar-refractivity contribution is 8.29. The van der Waals surface area contributed by atoms with Crippen molar-refractivity contribution in [2.45, 2.75) is 25.7 Å². The van der Waals surface area contributed by atoms with Crippen LogP contribution in [0.15, 0.2) is 82.9 Å². The number of aromatic nitrogens is 2. The van der Waals surface area contributed by atoms with Crippen LogP contribution in [0.3, 0.4) is 0 Å². The van der Waals surface area contributed by atoms with Crippen LogP contribution in [-0.4, -0.2) is 65.1 Å². The van der Waals surface area contributed by atoms with E-state index in [-0.39, 0.29) is 56.2 Å². The van der Waals surface area contributed by atoms with Gasteiger partial charge in [-0.1, -0.05) is 109 Å². The van der Waals surface area contributed by atoms with Crippen molar-refractivity contribution < 1.29 is 19.2 Å². The number of carbonyl (C=O) groups excluding carboxylic acids is 4. The van der Waals surface area contributed by atoms with Crippen LogP contribution >= 0.6 is 70.6 Å². The molecule has 16 heteroatoms. The zero-order valence-corrected chi connectivity index (χ0v) is 29.9. The van der Waals surface area contributed by atoms with Crippen molar-refractivity contribution in [2.24, 2.45) is 0 Å². The first-order valence-corrected chi connectivity index (χ1v) is 18.7. The molecule has 0 atom stereocenters. The van der Waals surface area contributed by atoms with Gasteiger partial charge in [-0.15, -0.1) is 22.7 Å². The number of thioether (sulfide) groups is 2. The molecule has 2 aromatic carbocycles. The number of amides is 4. The lowest BCUT2D eigenvalue weighted by Crippen LogP contribution is -2.33. The highest BCUT2D eigenvalue weighted by Crippen LogP contribution is 2.42. The van der Waals surface area contributed by atoms with Gasteiger partial charge in [0.1, 0.15) is 8.64 Å². The van der Waals surface area contributed by atoms with E-state index in [2.05, 4.69) is 20.6 Å². The molecule has 48 heavy (non-hydrogen) atoms. The largest absolute Gasteiger partial charge is 0.302 e. The van der Waals surface area contributed by atoms with Gasteiger partial charge in [-0.3, -0.25) is 29.0 Å². The minimum Gasteiger partial charge on any atom is -0.302 e. The van der Waals surface area contributed by atoms with E-state index in [4.69, 9.17) is 24.4 Å². The summed E-state index contributed by atoms with van der Waals surface area (Å²) in [6.45, 7) is 0.0963. The number of thiocarbonyl (C=S) groups is 2. The molecule has 0 bridgehead atoms. The van der Waals surface area contributed by atoms with E-state index in [0.717, 1.165) is 44.4 Å². The van der Waals surface area contributed by atoms with Crippen LogP contribution in [0.4, 0.5) is 10.3 Å². The fourth-order valence-corrected chi connectivity index (χ4v) is 9.23. The fourth-order valence-electron chi connectivity index (χ4n) is 4.73. The summed E-state index contributed by atoms with van der Waals surface area (Å²) < 4.78 is 0.504. The molecule has 2 aromatic heterocycles. The van der Waals surface area contributed by atoms with E-state index in [1.165, 1.54) is 32.5 Å². The third kappa shape index (κ3) is 8.43. The number of anilines is 2. The molecule has 2 aliphatic rings. The van der Waals surface area contributed by atoms with Crippen LogP contribution in [0.5, 0.6) is 0 Å². The molecule has 0 spiro atoms. The van der Waals surface area contributed by atoms with Crippen LogP contribution in [0.2, 0.25) is 0 Å². The second-order valence-electron chi connectivity index (χ2n) is 10.5. The molecule has 6 rings (SSSR count). The van der Waals surface area contributed by atoms with Crippen LogP contribution < -0.4 is 10.6 Å². The monoisotopic (exact) mass is 750 g/mol. The summed E-state index contributed by atoms with van der Waals surface area (Å²) >= 11 is 15.7. The molecule has 244 valence electrons. The van der Waals surface area contributed by atoms with Crippen molar-refractivity contribution in [2.75, 3.05) is 23.7 Å². The lowest BCUT2D eigenvalue weighted by atomic mass is 10.1. The van der Waals surface area contributed by atoms with E-state index < -0.39 is 11.8 Å². The zero-order valence-electron chi connectivity index (χ0n) is 25.0. The maximum Gasteiger partial charge on any atom is 0.267 e. The average molecular weight is 751 g/mol. The predicted octanol–water partition coefficient (Wildman–Crippen LogP) is 6.07. The Balaban J connectivity index is 0.985. The van der Waals surface area contributed by atoms with Crippen molar-refractivity contribution in [1.82, 2.24) is 19.8 Å². The predicted molar refractivity (Wildman–Crippen MR) is 200 cm³/mol. The molecular formula is C32H26N6O4S6. The Morgan fingerprint density at radius 3 is 1.44 bits per heavy atom. The van der Waals surface area contributed by atoms with Gasteiger partial charge in [-0.05, 0) is 11.1 Å². The minimum atomic E-state index is -0.453. The average Bonchev–Trinajstić information content (AvgIpc) is 3.83. The fraction of sp³-hybridized carbons (Fsp3) is 0.188. The number of hydrogen-bond acceptors (Lipinski definition) is 12. The Morgan fingerprint density at radius 1 is 0.646 bits per heavy atom. The topological polar surface area (TPSA) is 125 Å². The molecule has 4 aromatic rings. The van der Waals surface area contributed by atoms with Gasteiger partial charge in [0, 0.05) is 60.9 Å². The van der Waals surface area contributed by atoms with Gasteiger partial charge in [0.25, 0.3) is 11.8 Å². The molecule has 2 N–H and O–H groups in total. The summed E-state index contributed by atoms with van der Waals surface area (Å²) in [6.07, 6.45) is 4.90. The second-order valence-corrected chi connectivity index (χ2v) is 16.0. The molecule has 0 unspecified atom stereocenters. The summed E-state index contributed by atoms with van der Waals surface area (Å²) in [5, 5.41) is 6.53. The van der Waals surface area contributed by atoms with Crippen LogP contribution in [-0.2, 0) is 32.0 Å². The number of nitrogens with zero attached hydrogens (tertiary/aromatic N) is 4. The quantitative estimate of drug-likeness (QED) is 0.130. The Labute approximate surface area is 303 Å². The van der Waals surface area contributed by atoms with Crippen LogP contribution in [0.1, 0.15) is 33.7 Å². The third-order valence-electron chi connectivity index (χ3n) is 7.07. The number of benzene rings is 2. The maximum absolute atomic E-state index is 13.3.